The average molecular weight is 480 g/mol. The Hall–Kier alpha value is -0.800. The third-order valence-electron chi connectivity index (χ3n) is 4.39. The summed E-state index contributed by atoms with van der Waals surface area (Å²) in [4.78, 5) is 12.2. The van der Waals surface area contributed by atoms with Crippen molar-refractivity contribution in [3.8, 4) is 0 Å². The van der Waals surface area contributed by atoms with Crippen LogP contribution in [0.2, 0.25) is 4.34 Å². The Morgan fingerprint density at radius 1 is 1.50 bits per heavy atom. The molecule has 24 heavy (non-hydrogen) atoms. The molecule has 3 rings (SSSR count). The van der Waals surface area contributed by atoms with Crippen LogP contribution in [0, 0.1) is 5.92 Å². The molecule has 8 heteroatoms. The number of likely N-dealkylation sites (tertiary alicyclic amines) is 1. The van der Waals surface area contributed by atoms with Crippen LogP contribution < -0.4 is 5.32 Å². The van der Waals surface area contributed by atoms with E-state index in [4.69, 9.17) is 11.6 Å². The first-order valence-electron chi connectivity index (χ1n) is 7.84. The normalized spacial score (nSPS) is 21.5. The highest BCUT2D eigenvalue weighted by Crippen LogP contribution is 2.27. The van der Waals surface area contributed by atoms with Crippen molar-refractivity contribution in [2.45, 2.75) is 25.9 Å². The first-order valence-corrected chi connectivity index (χ1v) is 9.04. The van der Waals surface area contributed by atoms with Crippen molar-refractivity contribution < 1.29 is 0 Å². The van der Waals surface area contributed by atoms with E-state index >= 15 is 0 Å². The topological polar surface area (TPSA) is 45.5 Å². The highest BCUT2D eigenvalue weighted by atomic mass is 127. The summed E-state index contributed by atoms with van der Waals surface area (Å²) in [5.74, 6) is 1.58. The molecule has 132 valence electrons. The quantitative estimate of drug-likeness (QED) is 0.413. The minimum atomic E-state index is 0. The molecule has 0 radical (unpaired) electrons. The van der Waals surface area contributed by atoms with E-state index in [2.05, 4.69) is 43.9 Å². The van der Waals surface area contributed by atoms with Gasteiger partial charge in [0, 0.05) is 37.4 Å². The third-order valence-corrected chi connectivity index (χ3v) is 5.62. The Morgan fingerprint density at radius 2 is 2.33 bits per heavy atom. The van der Waals surface area contributed by atoms with Crippen molar-refractivity contribution in [2.24, 2.45) is 10.9 Å². The predicted octanol–water partition coefficient (Wildman–Crippen LogP) is 3.87. The van der Waals surface area contributed by atoms with Crippen molar-refractivity contribution >= 4 is 52.9 Å². The summed E-state index contributed by atoms with van der Waals surface area (Å²) in [5.41, 5.74) is 0. The average Bonchev–Trinajstić information content (AvgIpc) is 3.21. The van der Waals surface area contributed by atoms with E-state index in [0.717, 1.165) is 36.4 Å². The number of thiophene rings is 1. The Morgan fingerprint density at radius 3 is 2.96 bits per heavy atom. The number of hydrogen-bond acceptors (Lipinski definition) is 3. The number of rotatable bonds is 3. The number of guanidine groups is 1. The maximum absolute atomic E-state index is 5.99. The number of nitrogens with zero attached hydrogens (tertiary/aromatic N) is 4. The fourth-order valence-electron chi connectivity index (χ4n) is 3.04. The van der Waals surface area contributed by atoms with Crippen molar-refractivity contribution in [2.75, 3.05) is 20.1 Å². The number of imidazole rings is 1. The van der Waals surface area contributed by atoms with Crippen LogP contribution in [0.15, 0.2) is 35.8 Å². The summed E-state index contributed by atoms with van der Waals surface area (Å²) in [6.45, 7) is 5.04. The van der Waals surface area contributed by atoms with Gasteiger partial charge in [-0.25, -0.2) is 4.98 Å². The molecule has 2 aromatic heterocycles. The van der Waals surface area contributed by atoms with E-state index in [-0.39, 0.29) is 24.0 Å². The van der Waals surface area contributed by atoms with Gasteiger partial charge < -0.3 is 14.8 Å². The van der Waals surface area contributed by atoms with Gasteiger partial charge in [0.05, 0.1) is 23.3 Å². The van der Waals surface area contributed by atoms with Gasteiger partial charge >= 0.3 is 0 Å². The van der Waals surface area contributed by atoms with Gasteiger partial charge in [-0.1, -0.05) is 18.5 Å². The highest BCUT2D eigenvalue weighted by molar-refractivity contribution is 14.0. The Labute approximate surface area is 169 Å². The molecule has 5 nitrogen and oxygen atoms in total. The molecule has 0 saturated carbocycles. The standard InChI is InChI=1S/C16H22ClN5S.HI/c1-12-5-7-21(10-14(12)22-8-6-19-11-22)16(18-2)20-9-13-3-4-15(17)23-13;/h3-4,6,8,11-12,14H,5,7,9-10H2,1-2H3,(H,18,20);1H. The van der Waals surface area contributed by atoms with E-state index in [1.54, 1.807) is 11.3 Å². The number of halogens is 2. The Balaban J connectivity index is 0.00000208. The fourth-order valence-corrected chi connectivity index (χ4v) is 4.07. The lowest BCUT2D eigenvalue weighted by molar-refractivity contribution is 0.189. The summed E-state index contributed by atoms with van der Waals surface area (Å²) < 4.78 is 3.03. The van der Waals surface area contributed by atoms with Crippen LogP contribution in [-0.4, -0.2) is 40.5 Å². The number of aliphatic imine (C=N–C) groups is 1. The van der Waals surface area contributed by atoms with Gasteiger partial charge in [-0.3, -0.25) is 4.99 Å². The van der Waals surface area contributed by atoms with Crippen LogP contribution >= 0.6 is 46.9 Å². The second-order valence-corrected chi connectivity index (χ2v) is 7.70. The van der Waals surface area contributed by atoms with E-state index in [1.165, 1.54) is 4.88 Å². The molecule has 2 unspecified atom stereocenters. The fraction of sp³-hybridized carbons (Fsp3) is 0.500. The molecule has 0 aromatic carbocycles. The van der Waals surface area contributed by atoms with Gasteiger partial charge in [0.1, 0.15) is 0 Å². The smallest absolute Gasteiger partial charge is 0.194 e. The lowest BCUT2D eigenvalue weighted by atomic mass is 9.93. The first-order chi connectivity index (χ1) is 11.2. The molecular weight excluding hydrogens is 457 g/mol. The monoisotopic (exact) mass is 479 g/mol. The van der Waals surface area contributed by atoms with Crippen LogP contribution in [-0.2, 0) is 6.54 Å². The molecule has 1 aliphatic heterocycles. The highest BCUT2D eigenvalue weighted by Gasteiger charge is 2.28. The van der Waals surface area contributed by atoms with Gasteiger partial charge in [-0.2, -0.15) is 0 Å². The van der Waals surface area contributed by atoms with Crippen LogP contribution in [0.4, 0.5) is 0 Å². The summed E-state index contributed by atoms with van der Waals surface area (Å²) in [5, 5.41) is 3.45. The lowest BCUT2D eigenvalue weighted by Gasteiger charge is -2.39. The van der Waals surface area contributed by atoms with E-state index in [9.17, 15) is 0 Å². The minimum Gasteiger partial charge on any atom is -0.351 e. The molecule has 1 aliphatic rings. The van der Waals surface area contributed by atoms with Crippen molar-refractivity contribution in [1.29, 1.82) is 0 Å². The van der Waals surface area contributed by atoms with Crippen molar-refractivity contribution in [3.05, 3.63) is 40.1 Å². The minimum absolute atomic E-state index is 0. The largest absolute Gasteiger partial charge is 0.351 e. The van der Waals surface area contributed by atoms with Gasteiger partial charge in [-0.15, -0.1) is 35.3 Å². The summed E-state index contributed by atoms with van der Waals surface area (Å²) in [6, 6.07) is 4.42. The zero-order valence-corrected chi connectivity index (χ0v) is 17.8. The molecule has 0 spiro atoms. The zero-order chi connectivity index (χ0) is 16.2. The van der Waals surface area contributed by atoms with Gasteiger partial charge in [0.2, 0.25) is 0 Å². The summed E-state index contributed by atoms with van der Waals surface area (Å²) >= 11 is 7.59. The second-order valence-electron chi connectivity index (χ2n) is 5.90. The van der Waals surface area contributed by atoms with E-state index in [1.807, 2.05) is 25.6 Å². The molecule has 2 aromatic rings. The number of nitrogens with one attached hydrogen (secondary N) is 1. The third kappa shape index (κ3) is 4.64. The van der Waals surface area contributed by atoms with E-state index < -0.39 is 0 Å². The first kappa shape index (κ1) is 19.5. The van der Waals surface area contributed by atoms with Crippen LogP contribution in [0.25, 0.3) is 0 Å². The van der Waals surface area contributed by atoms with Crippen molar-refractivity contribution in [1.82, 2.24) is 19.8 Å². The van der Waals surface area contributed by atoms with Crippen LogP contribution in [0.5, 0.6) is 0 Å². The van der Waals surface area contributed by atoms with Gasteiger partial charge in [0.25, 0.3) is 0 Å². The second kappa shape index (κ2) is 9.05. The number of hydrogen-bond donors (Lipinski definition) is 1. The molecule has 1 fully saturated rings. The lowest BCUT2D eigenvalue weighted by Crippen LogP contribution is -2.48. The summed E-state index contributed by atoms with van der Waals surface area (Å²) in [6.07, 6.45) is 6.96. The molecule has 1 N–H and O–H groups in total. The van der Waals surface area contributed by atoms with E-state index in [0.29, 0.717) is 12.0 Å². The summed E-state index contributed by atoms with van der Waals surface area (Å²) in [7, 11) is 1.84. The van der Waals surface area contributed by atoms with Crippen LogP contribution in [0.1, 0.15) is 24.3 Å². The molecule has 1 saturated heterocycles. The Bertz CT molecular complexity index is 657. The Kier molecular flexibility index (Phi) is 7.36. The molecule has 0 aliphatic carbocycles. The molecule has 3 heterocycles. The maximum atomic E-state index is 5.99. The SMILES string of the molecule is CN=C(NCc1ccc(Cl)s1)N1CCC(C)C(n2ccnc2)C1.I. The molecule has 2 atom stereocenters. The molecule has 0 bridgehead atoms. The van der Waals surface area contributed by atoms with Gasteiger partial charge in [0.15, 0.2) is 5.96 Å². The maximum Gasteiger partial charge on any atom is 0.194 e. The molecule has 0 amide bonds. The van der Waals surface area contributed by atoms with Gasteiger partial charge in [-0.05, 0) is 24.5 Å². The molecular formula is C16H23ClIN5S. The van der Waals surface area contributed by atoms with Crippen molar-refractivity contribution in [3.63, 3.8) is 0 Å². The number of piperidine rings is 1. The van der Waals surface area contributed by atoms with Crippen LogP contribution in [0.3, 0.4) is 0 Å². The number of aromatic nitrogens is 2. The zero-order valence-electron chi connectivity index (χ0n) is 13.9. The predicted molar refractivity (Wildman–Crippen MR) is 112 cm³/mol.